The average molecular weight is 208 g/mol. The number of halogens is 1. The van der Waals surface area contributed by atoms with Gasteiger partial charge in [-0.3, -0.25) is 0 Å². The van der Waals surface area contributed by atoms with Crippen LogP contribution in [0.15, 0.2) is 24.3 Å². The van der Waals surface area contributed by atoms with E-state index >= 15 is 0 Å². The summed E-state index contributed by atoms with van der Waals surface area (Å²) < 4.78 is 0. The van der Waals surface area contributed by atoms with Crippen LogP contribution >= 0.6 is 11.6 Å². The van der Waals surface area contributed by atoms with Crippen molar-refractivity contribution in [2.24, 2.45) is 0 Å². The zero-order valence-corrected chi connectivity index (χ0v) is 9.25. The van der Waals surface area contributed by atoms with Crippen molar-refractivity contribution in [3.63, 3.8) is 0 Å². The molecule has 0 heterocycles. The van der Waals surface area contributed by atoms with E-state index in [4.69, 9.17) is 16.9 Å². The van der Waals surface area contributed by atoms with Crippen LogP contribution in [-0.4, -0.2) is 5.38 Å². The molecule has 1 rings (SSSR count). The molecule has 0 aliphatic carbocycles. The summed E-state index contributed by atoms with van der Waals surface area (Å²) in [5.41, 5.74) is 2.44. The second kappa shape index (κ2) is 5.02. The van der Waals surface area contributed by atoms with Crippen molar-refractivity contribution in [2.75, 3.05) is 0 Å². The normalized spacial score (nSPS) is 12.5. The highest BCUT2D eigenvalue weighted by molar-refractivity contribution is 6.22. The van der Waals surface area contributed by atoms with Crippen LogP contribution in [0.2, 0.25) is 0 Å². The maximum atomic E-state index is 8.56. The largest absolute Gasteiger partial charge is 0.197 e. The van der Waals surface area contributed by atoms with E-state index in [0.717, 1.165) is 5.56 Å². The van der Waals surface area contributed by atoms with Gasteiger partial charge in [-0.15, -0.1) is 11.6 Å². The Labute approximate surface area is 90.3 Å². The lowest BCUT2D eigenvalue weighted by molar-refractivity contribution is 0.864. The summed E-state index contributed by atoms with van der Waals surface area (Å²) in [4.78, 5) is 0. The molecule has 74 valence electrons. The Bertz CT molecular complexity index is 321. The van der Waals surface area contributed by atoms with Gasteiger partial charge in [0.05, 0.1) is 6.07 Å². The van der Waals surface area contributed by atoms with Gasteiger partial charge in [0.25, 0.3) is 0 Å². The number of hydrogen-bond acceptors (Lipinski definition) is 1. The van der Waals surface area contributed by atoms with Crippen LogP contribution in [0, 0.1) is 11.3 Å². The highest BCUT2D eigenvalue weighted by atomic mass is 35.5. The van der Waals surface area contributed by atoms with Gasteiger partial charge in [0, 0.05) is 6.42 Å². The molecule has 14 heavy (non-hydrogen) atoms. The third kappa shape index (κ3) is 3.05. The van der Waals surface area contributed by atoms with Crippen molar-refractivity contribution in [3.05, 3.63) is 35.4 Å². The predicted octanol–water partition coefficient (Wildman–Crippen LogP) is 3.48. The highest BCUT2D eigenvalue weighted by Crippen LogP contribution is 2.16. The minimum atomic E-state index is -0.417. The summed E-state index contributed by atoms with van der Waals surface area (Å²) >= 11 is 5.74. The first-order chi connectivity index (χ1) is 6.63. The van der Waals surface area contributed by atoms with Gasteiger partial charge in [0.15, 0.2) is 0 Å². The Balaban J connectivity index is 2.70. The summed E-state index contributed by atoms with van der Waals surface area (Å²) in [6.07, 6.45) is 0.621. The molecule has 0 saturated carbocycles. The maximum Gasteiger partial charge on any atom is 0.124 e. The second-order valence-corrected chi connectivity index (χ2v) is 4.22. The molecular weight excluding hydrogens is 194 g/mol. The fraction of sp³-hybridized carbons (Fsp3) is 0.417. The number of benzene rings is 1. The topological polar surface area (TPSA) is 23.8 Å². The standard InChI is InChI=1S/C12H14ClN/c1-9(2)11-5-3-10(4-6-11)7-12(13)8-14/h3-6,9,12H,7H2,1-2H3. The molecule has 0 radical (unpaired) electrons. The minimum absolute atomic E-state index is 0.417. The number of alkyl halides is 1. The molecule has 0 fully saturated rings. The van der Waals surface area contributed by atoms with E-state index in [9.17, 15) is 0 Å². The molecule has 0 aliphatic rings. The molecule has 0 aliphatic heterocycles. The van der Waals surface area contributed by atoms with Crippen LogP contribution in [-0.2, 0) is 6.42 Å². The molecule has 0 amide bonds. The van der Waals surface area contributed by atoms with E-state index in [0.29, 0.717) is 12.3 Å². The van der Waals surface area contributed by atoms with Gasteiger partial charge in [-0.2, -0.15) is 5.26 Å². The molecule has 1 atom stereocenters. The maximum absolute atomic E-state index is 8.56. The third-order valence-electron chi connectivity index (χ3n) is 2.20. The zero-order chi connectivity index (χ0) is 10.6. The summed E-state index contributed by atoms with van der Waals surface area (Å²) in [6.45, 7) is 4.32. The number of nitriles is 1. The van der Waals surface area contributed by atoms with E-state index in [2.05, 4.69) is 26.0 Å². The third-order valence-corrected chi connectivity index (χ3v) is 2.45. The van der Waals surface area contributed by atoms with Crippen molar-refractivity contribution in [1.29, 1.82) is 5.26 Å². The van der Waals surface area contributed by atoms with Gasteiger partial charge in [-0.1, -0.05) is 38.1 Å². The summed E-state index contributed by atoms with van der Waals surface area (Å²) in [5.74, 6) is 0.548. The van der Waals surface area contributed by atoms with Crippen LogP contribution in [0.25, 0.3) is 0 Å². The molecular formula is C12H14ClN. The zero-order valence-electron chi connectivity index (χ0n) is 8.50. The first-order valence-corrected chi connectivity index (χ1v) is 5.19. The molecule has 2 heteroatoms. The van der Waals surface area contributed by atoms with Gasteiger partial charge in [-0.25, -0.2) is 0 Å². The van der Waals surface area contributed by atoms with Crippen LogP contribution in [0.4, 0.5) is 0 Å². The van der Waals surface area contributed by atoms with Crippen molar-refractivity contribution in [1.82, 2.24) is 0 Å². The molecule has 1 unspecified atom stereocenters. The Morgan fingerprint density at radius 1 is 1.29 bits per heavy atom. The summed E-state index contributed by atoms with van der Waals surface area (Å²) in [7, 11) is 0. The Morgan fingerprint density at radius 3 is 2.29 bits per heavy atom. The van der Waals surface area contributed by atoms with E-state index < -0.39 is 5.38 Å². The van der Waals surface area contributed by atoms with Crippen LogP contribution < -0.4 is 0 Å². The lowest BCUT2D eigenvalue weighted by atomic mass is 10.0. The first-order valence-electron chi connectivity index (χ1n) is 4.76. The molecule has 0 N–H and O–H groups in total. The molecule has 1 aromatic rings. The Kier molecular flexibility index (Phi) is 3.98. The fourth-order valence-corrected chi connectivity index (χ4v) is 1.47. The number of nitrogens with zero attached hydrogens (tertiary/aromatic N) is 1. The van der Waals surface area contributed by atoms with Crippen molar-refractivity contribution < 1.29 is 0 Å². The highest BCUT2D eigenvalue weighted by Gasteiger charge is 2.04. The van der Waals surface area contributed by atoms with Gasteiger partial charge in [0.2, 0.25) is 0 Å². The van der Waals surface area contributed by atoms with Gasteiger partial charge in [-0.05, 0) is 17.0 Å². The van der Waals surface area contributed by atoms with Gasteiger partial charge in [0.1, 0.15) is 5.38 Å². The van der Waals surface area contributed by atoms with Crippen LogP contribution in [0.5, 0.6) is 0 Å². The number of hydrogen-bond donors (Lipinski definition) is 0. The average Bonchev–Trinajstić information content (AvgIpc) is 2.18. The van der Waals surface area contributed by atoms with E-state index in [1.165, 1.54) is 5.56 Å². The molecule has 1 aromatic carbocycles. The van der Waals surface area contributed by atoms with Crippen LogP contribution in [0.3, 0.4) is 0 Å². The van der Waals surface area contributed by atoms with E-state index in [-0.39, 0.29) is 0 Å². The fourth-order valence-electron chi connectivity index (χ4n) is 1.29. The van der Waals surface area contributed by atoms with Crippen molar-refractivity contribution in [2.45, 2.75) is 31.6 Å². The second-order valence-electron chi connectivity index (χ2n) is 3.70. The number of rotatable bonds is 3. The molecule has 0 aromatic heterocycles. The summed E-state index contributed by atoms with van der Waals surface area (Å²) in [5, 5.41) is 8.14. The quantitative estimate of drug-likeness (QED) is 0.697. The lowest BCUT2D eigenvalue weighted by Crippen LogP contribution is -1.99. The van der Waals surface area contributed by atoms with Gasteiger partial charge < -0.3 is 0 Å². The Hall–Kier alpha value is -1.00. The molecule has 0 spiro atoms. The first kappa shape index (κ1) is 11.1. The molecule has 0 bridgehead atoms. The van der Waals surface area contributed by atoms with E-state index in [1.807, 2.05) is 18.2 Å². The van der Waals surface area contributed by atoms with Crippen LogP contribution in [0.1, 0.15) is 30.9 Å². The monoisotopic (exact) mass is 207 g/mol. The summed E-state index contributed by atoms with van der Waals surface area (Å²) in [6, 6.07) is 10.3. The smallest absolute Gasteiger partial charge is 0.124 e. The lowest BCUT2D eigenvalue weighted by Gasteiger charge is -2.06. The molecule has 0 saturated heterocycles. The van der Waals surface area contributed by atoms with E-state index in [1.54, 1.807) is 0 Å². The van der Waals surface area contributed by atoms with Crippen molar-refractivity contribution in [3.8, 4) is 6.07 Å². The molecule has 1 nitrogen and oxygen atoms in total. The minimum Gasteiger partial charge on any atom is -0.197 e. The SMILES string of the molecule is CC(C)c1ccc(CC(Cl)C#N)cc1. The van der Waals surface area contributed by atoms with Crippen molar-refractivity contribution >= 4 is 11.6 Å². The van der Waals surface area contributed by atoms with Gasteiger partial charge >= 0.3 is 0 Å². The predicted molar refractivity (Wildman–Crippen MR) is 59.5 cm³/mol. The Morgan fingerprint density at radius 2 is 1.86 bits per heavy atom.